The zero-order valence-corrected chi connectivity index (χ0v) is 12.0. The number of rotatable bonds is 1. The number of hydrogen-bond acceptors (Lipinski definition) is 2. The lowest BCUT2D eigenvalue weighted by Crippen LogP contribution is -2.04. The average molecular weight is 294 g/mol. The molecule has 3 aromatic rings. The van der Waals surface area contributed by atoms with Crippen molar-refractivity contribution in [3.8, 4) is 5.75 Å². The van der Waals surface area contributed by atoms with Gasteiger partial charge in [0.1, 0.15) is 5.75 Å². The predicted octanol–water partition coefficient (Wildman–Crippen LogP) is 4.86. The summed E-state index contributed by atoms with van der Waals surface area (Å²) in [6, 6.07) is 15.9. The van der Waals surface area contributed by atoms with Crippen molar-refractivity contribution in [2.75, 3.05) is 0 Å². The molecular formula is C18H12ClNO. The number of pyridine rings is 1. The Balaban J connectivity index is 1.83. The highest BCUT2D eigenvalue weighted by Crippen LogP contribution is 2.36. The van der Waals surface area contributed by atoms with E-state index in [0.717, 1.165) is 33.8 Å². The Morgan fingerprint density at radius 1 is 1.05 bits per heavy atom. The molecule has 1 aliphatic heterocycles. The Bertz CT molecular complexity index is 856. The van der Waals surface area contributed by atoms with E-state index in [2.05, 4.69) is 11.1 Å². The first-order valence-electron chi connectivity index (χ1n) is 6.79. The van der Waals surface area contributed by atoms with Crippen molar-refractivity contribution >= 4 is 27.9 Å². The highest BCUT2D eigenvalue weighted by Gasteiger charge is 2.17. The van der Waals surface area contributed by atoms with E-state index in [0.29, 0.717) is 0 Å². The molecule has 1 aliphatic rings. The molecule has 0 amide bonds. The van der Waals surface area contributed by atoms with Gasteiger partial charge in [0.2, 0.25) is 0 Å². The van der Waals surface area contributed by atoms with Gasteiger partial charge in [-0.3, -0.25) is 4.98 Å². The maximum absolute atomic E-state index is 6.07. The van der Waals surface area contributed by atoms with Crippen LogP contribution in [-0.4, -0.2) is 4.98 Å². The number of fused-ring (bicyclic) bond motifs is 3. The van der Waals surface area contributed by atoms with Crippen LogP contribution in [0.1, 0.15) is 11.3 Å². The number of allylic oxidation sites excluding steroid dienone is 1. The fourth-order valence-corrected chi connectivity index (χ4v) is 2.89. The van der Waals surface area contributed by atoms with E-state index in [4.69, 9.17) is 16.3 Å². The molecule has 0 saturated carbocycles. The quantitative estimate of drug-likeness (QED) is 0.639. The summed E-state index contributed by atoms with van der Waals surface area (Å²) in [5, 5.41) is 3.06. The Morgan fingerprint density at radius 3 is 2.86 bits per heavy atom. The molecular weight excluding hydrogens is 282 g/mol. The molecule has 21 heavy (non-hydrogen) atoms. The largest absolute Gasteiger partial charge is 0.464 e. The summed E-state index contributed by atoms with van der Waals surface area (Å²) in [6.45, 7) is 0. The number of ether oxygens (including phenoxy) is 1. The zero-order valence-electron chi connectivity index (χ0n) is 11.2. The highest BCUT2D eigenvalue weighted by molar-refractivity contribution is 6.31. The molecule has 4 rings (SSSR count). The predicted molar refractivity (Wildman–Crippen MR) is 85.5 cm³/mol. The lowest BCUT2D eigenvalue weighted by atomic mass is 9.95. The molecule has 0 saturated heterocycles. The fraction of sp³-hybridized carbons (Fsp3) is 0.0556. The summed E-state index contributed by atoms with van der Waals surface area (Å²) in [5.74, 6) is 0.907. The molecule has 102 valence electrons. The van der Waals surface area contributed by atoms with Crippen LogP contribution in [0.5, 0.6) is 5.75 Å². The van der Waals surface area contributed by atoms with E-state index in [-0.39, 0.29) is 0 Å². The molecule has 2 heterocycles. The Kier molecular flexibility index (Phi) is 2.90. The summed E-state index contributed by atoms with van der Waals surface area (Å²) in [5.41, 5.74) is 3.23. The van der Waals surface area contributed by atoms with Crippen molar-refractivity contribution in [1.82, 2.24) is 4.98 Å². The smallest absolute Gasteiger partial charge is 0.130 e. The van der Waals surface area contributed by atoms with Crippen LogP contribution in [0.3, 0.4) is 0 Å². The van der Waals surface area contributed by atoms with Gasteiger partial charge in [-0.25, -0.2) is 0 Å². The molecule has 1 aromatic heterocycles. The van der Waals surface area contributed by atoms with Gasteiger partial charge in [-0.05, 0) is 41.1 Å². The second-order valence-corrected chi connectivity index (χ2v) is 5.50. The van der Waals surface area contributed by atoms with Crippen LogP contribution in [0, 0.1) is 0 Å². The molecule has 0 spiro atoms. The summed E-state index contributed by atoms with van der Waals surface area (Å²) in [6.07, 6.45) is 4.41. The molecule has 0 aliphatic carbocycles. The summed E-state index contributed by atoms with van der Waals surface area (Å²) >= 11 is 6.07. The highest BCUT2D eigenvalue weighted by atomic mass is 35.5. The van der Waals surface area contributed by atoms with Gasteiger partial charge in [0, 0.05) is 28.8 Å². The van der Waals surface area contributed by atoms with Crippen molar-refractivity contribution in [3.05, 3.63) is 77.3 Å². The second kappa shape index (κ2) is 4.90. The second-order valence-electron chi connectivity index (χ2n) is 5.06. The SMILES string of the molecule is Clc1ccc2c3c(ccc2c1)OC=C(c1ccccn1)C3. The topological polar surface area (TPSA) is 22.1 Å². The summed E-state index contributed by atoms with van der Waals surface area (Å²) in [4.78, 5) is 4.40. The maximum Gasteiger partial charge on any atom is 0.130 e. The molecule has 0 N–H and O–H groups in total. The molecule has 0 fully saturated rings. The van der Waals surface area contributed by atoms with E-state index >= 15 is 0 Å². The third-order valence-corrected chi connectivity index (χ3v) is 3.97. The molecule has 0 radical (unpaired) electrons. The minimum absolute atomic E-state index is 0.750. The van der Waals surface area contributed by atoms with Gasteiger partial charge in [-0.2, -0.15) is 0 Å². The zero-order chi connectivity index (χ0) is 14.2. The number of aromatic nitrogens is 1. The van der Waals surface area contributed by atoms with Crippen LogP contribution in [0.15, 0.2) is 61.0 Å². The molecule has 0 unspecified atom stereocenters. The molecule has 2 aromatic carbocycles. The van der Waals surface area contributed by atoms with Crippen LogP contribution in [-0.2, 0) is 6.42 Å². The monoisotopic (exact) mass is 293 g/mol. The van der Waals surface area contributed by atoms with Crippen LogP contribution < -0.4 is 4.74 Å². The number of hydrogen-bond donors (Lipinski definition) is 0. The van der Waals surface area contributed by atoms with Gasteiger partial charge in [0.25, 0.3) is 0 Å². The lowest BCUT2D eigenvalue weighted by molar-refractivity contribution is 0.470. The van der Waals surface area contributed by atoms with Crippen LogP contribution in [0.25, 0.3) is 16.3 Å². The Labute approximate surface area is 127 Å². The first-order chi connectivity index (χ1) is 10.3. The number of halogens is 1. The first kappa shape index (κ1) is 12.4. The summed E-state index contributed by atoms with van der Waals surface area (Å²) in [7, 11) is 0. The molecule has 2 nitrogen and oxygen atoms in total. The van der Waals surface area contributed by atoms with Gasteiger partial charge in [-0.15, -0.1) is 0 Å². The van der Waals surface area contributed by atoms with Crippen molar-refractivity contribution < 1.29 is 4.74 Å². The lowest BCUT2D eigenvalue weighted by Gasteiger charge is -2.19. The van der Waals surface area contributed by atoms with E-state index in [1.807, 2.05) is 42.5 Å². The van der Waals surface area contributed by atoms with E-state index in [1.165, 1.54) is 10.9 Å². The molecule has 0 atom stereocenters. The van der Waals surface area contributed by atoms with Crippen LogP contribution in [0.4, 0.5) is 0 Å². The van der Waals surface area contributed by atoms with E-state index in [1.54, 1.807) is 12.5 Å². The number of benzene rings is 2. The molecule has 0 bridgehead atoms. The van der Waals surface area contributed by atoms with Gasteiger partial charge >= 0.3 is 0 Å². The van der Waals surface area contributed by atoms with Crippen molar-refractivity contribution in [3.63, 3.8) is 0 Å². The van der Waals surface area contributed by atoms with Crippen molar-refractivity contribution in [2.24, 2.45) is 0 Å². The van der Waals surface area contributed by atoms with Crippen LogP contribution >= 0.6 is 11.6 Å². The van der Waals surface area contributed by atoms with Gasteiger partial charge in [0.05, 0.1) is 12.0 Å². The van der Waals surface area contributed by atoms with Crippen LogP contribution in [0.2, 0.25) is 5.02 Å². The Hall–Kier alpha value is -2.32. The van der Waals surface area contributed by atoms with Crippen molar-refractivity contribution in [2.45, 2.75) is 6.42 Å². The first-order valence-corrected chi connectivity index (χ1v) is 7.17. The minimum Gasteiger partial charge on any atom is -0.464 e. The average Bonchev–Trinajstić information content (AvgIpc) is 2.54. The van der Waals surface area contributed by atoms with E-state index in [9.17, 15) is 0 Å². The maximum atomic E-state index is 6.07. The molecule has 3 heteroatoms. The fourth-order valence-electron chi connectivity index (χ4n) is 2.71. The normalized spacial score (nSPS) is 13.5. The van der Waals surface area contributed by atoms with E-state index < -0.39 is 0 Å². The third kappa shape index (κ3) is 2.18. The summed E-state index contributed by atoms with van der Waals surface area (Å²) < 4.78 is 5.79. The standard InChI is InChI=1S/C18H12ClNO/c19-14-5-6-15-12(9-14)4-7-18-16(15)10-13(11-21-18)17-3-1-2-8-20-17/h1-9,11H,10H2. The van der Waals surface area contributed by atoms with Gasteiger partial charge in [-0.1, -0.05) is 29.8 Å². The number of nitrogens with zero attached hydrogens (tertiary/aromatic N) is 1. The third-order valence-electron chi connectivity index (χ3n) is 3.74. The Morgan fingerprint density at radius 2 is 2.00 bits per heavy atom. The minimum atomic E-state index is 0.750. The van der Waals surface area contributed by atoms with Crippen molar-refractivity contribution in [1.29, 1.82) is 0 Å². The van der Waals surface area contributed by atoms with Gasteiger partial charge in [0.15, 0.2) is 0 Å². The van der Waals surface area contributed by atoms with Gasteiger partial charge < -0.3 is 4.74 Å².